The summed E-state index contributed by atoms with van der Waals surface area (Å²) in [5.74, 6) is 0.610. The van der Waals surface area contributed by atoms with E-state index in [-0.39, 0.29) is 19.3 Å². The molecule has 0 aliphatic heterocycles. The predicted molar refractivity (Wildman–Crippen MR) is 72.0 cm³/mol. The Morgan fingerprint density at radius 2 is 1.95 bits per heavy atom. The van der Waals surface area contributed by atoms with E-state index in [4.69, 9.17) is 10.5 Å². The minimum absolute atomic E-state index is 0.0137. The van der Waals surface area contributed by atoms with Crippen molar-refractivity contribution in [3.05, 3.63) is 18.2 Å². The summed E-state index contributed by atoms with van der Waals surface area (Å²) in [7, 11) is 0. The van der Waals surface area contributed by atoms with E-state index in [1.54, 1.807) is 18.2 Å². The van der Waals surface area contributed by atoms with Crippen molar-refractivity contribution in [3.63, 3.8) is 0 Å². The lowest BCUT2D eigenvalue weighted by Gasteiger charge is -2.13. The zero-order valence-electron chi connectivity index (χ0n) is 11.5. The molecule has 0 aliphatic rings. The van der Waals surface area contributed by atoms with Gasteiger partial charge < -0.3 is 20.5 Å². The summed E-state index contributed by atoms with van der Waals surface area (Å²) in [4.78, 5) is 0. The third-order valence-electron chi connectivity index (χ3n) is 2.14. The first-order valence-electron chi connectivity index (χ1n) is 6.22. The van der Waals surface area contributed by atoms with Crippen molar-refractivity contribution in [2.24, 2.45) is 0 Å². The predicted octanol–water partition coefficient (Wildman–Crippen LogP) is 3.05. The highest BCUT2D eigenvalue weighted by Gasteiger charge is 2.27. The van der Waals surface area contributed by atoms with Gasteiger partial charge in [0.05, 0.1) is 12.7 Å². The Morgan fingerprint density at radius 3 is 2.55 bits per heavy atom. The largest absolute Gasteiger partial charge is 0.491 e. The normalized spacial score (nSPS) is 11.7. The SMILES string of the molecule is CC(C)Oc1cc(N)cc(NCCOCC(F)(F)F)c1. The smallest absolute Gasteiger partial charge is 0.411 e. The molecule has 0 spiro atoms. The Morgan fingerprint density at radius 1 is 1.25 bits per heavy atom. The van der Waals surface area contributed by atoms with Gasteiger partial charge in [-0.1, -0.05) is 0 Å². The number of benzene rings is 1. The van der Waals surface area contributed by atoms with E-state index in [0.29, 0.717) is 17.1 Å². The van der Waals surface area contributed by atoms with Crippen LogP contribution in [0.4, 0.5) is 24.5 Å². The molecule has 3 N–H and O–H groups in total. The van der Waals surface area contributed by atoms with E-state index in [2.05, 4.69) is 10.1 Å². The molecule has 0 saturated heterocycles. The minimum atomic E-state index is -4.30. The molecule has 114 valence electrons. The zero-order chi connectivity index (χ0) is 15.2. The molecule has 0 aromatic heterocycles. The highest BCUT2D eigenvalue weighted by molar-refractivity contribution is 5.59. The van der Waals surface area contributed by atoms with Crippen LogP contribution in [-0.2, 0) is 4.74 Å². The maximum atomic E-state index is 11.9. The number of alkyl halides is 3. The van der Waals surface area contributed by atoms with Gasteiger partial charge in [0, 0.05) is 30.1 Å². The fourth-order valence-corrected chi connectivity index (χ4v) is 1.52. The van der Waals surface area contributed by atoms with E-state index in [1.807, 2.05) is 13.8 Å². The topological polar surface area (TPSA) is 56.5 Å². The fourth-order valence-electron chi connectivity index (χ4n) is 1.52. The van der Waals surface area contributed by atoms with Crippen molar-refractivity contribution in [1.82, 2.24) is 0 Å². The number of ether oxygens (including phenoxy) is 2. The van der Waals surface area contributed by atoms with Gasteiger partial charge >= 0.3 is 6.18 Å². The van der Waals surface area contributed by atoms with Gasteiger partial charge in [0.1, 0.15) is 12.4 Å². The van der Waals surface area contributed by atoms with Crippen LogP contribution in [0.25, 0.3) is 0 Å². The molecule has 0 unspecified atom stereocenters. The Hall–Kier alpha value is -1.63. The lowest BCUT2D eigenvalue weighted by atomic mass is 10.2. The van der Waals surface area contributed by atoms with Gasteiger partial charge in [0.15, 0.2) is 0 Å². The van der Waals surface area contributed by atoms with Gasteiger partial charge in [0.2, 0.25) is 0 Å². The standard InChI is InChI=1S/C13H19F3N2O2/c1-9(2)20-12-6-10(17)5-11(7-12)18-3-4-19-8-13(14,15)16/h5-7,9,18H,3-4,8,17H2,1-2H3. The third kappa shape index (κ3) is 7.08. The molecule has 20 heavy (non-hydrogen) atoms. The molecule has 0 bridgehead atoms. The molecule has 4 nitrogen and oxygen atoms in total. The highest BCUT2D eigenvalue weighted by atomic mass is 19.4. The molecule has 0 fully saturated rings. The number of rotatable bonds is 7. The fraction of sp³-hybridized carbons (Fsp3) is 0.538. The van der Waals surface area contributed by atoms with Crippen molar-refractivity contribution >= 4 is 11.4 Å². The van der Waals surface area contributed by atoms with E-state index >= 15 is 0 Å². The average molecular weight is 292 g/mol. The number of halogens is 3. The first-order valence-corrected chi connectivity index (χ1v) is 6.22. The number of nitrogen functional groups attached to an aromatic ring is 1. The number of hydrogen-bond donors (Lipinski definition) is 2. The molecule has 0 radical (unpaired) electrons. The lowest BCUT2D eigenvalue weighted by molar-refractivity contribution is -0.172. The summed E-state index contributed by atoms with van der Waals surface area (Å²) in [5.41, 5.74) is 6.92. The molecule has 0 heterocycles. The zero-order valence-corrected chi connectivity index (χ0v) is 11.5. The molecule has 0 saturated carbocycles. The van der Waals surface area contributed by atoms with Gasteiger partial charge in [-0.25, -0.2) is 0 Å². The average Bonchev–Trinajstić information content (AvgIpc) is 2.25. The minimum Gasteiger partial charge on any atom is -0.491 e. The van der Waals surface area contributed by atoms with E-state index in [9.17, 15) is 13.2 Å². The number of nitrogens with one attached hydrogen (secondary N) is 1. The van der Waals surface area contributed by atoms with E-state index < -0.39 is 12.8 Å². The second kappa shape index (κ2) is 7.23. The van der Waals surface area contributed by atoms with Crippen LogP contribution in [-0.4, -0.2) is 32.0 Å². The molecule has 0 atom stereocenters. The lowest BCUT2D eigenvalue weighted by Crippen LogP contribution is -2.20. The van der Waals surface area contributed by atoms with Crippen LogP contribution in [0.15, 0.2) is 18.2 Å². The number of nitrogens with two attached hydrogens (primary N) is 1. The van der Waals surface area contributed by atoms with Crippen LogP contribution >= 0.6 is 0 Å². The molecule has 7 heteroatoms. The molecule has 0 amide bonds. The molecular weight excluding hydrogens is 273 g/mol. The Kier molecular flexibility index (Phi) is 5.94. The second-order valence-corrected chi connectivity index (χ2v) is 4.55. The van der Waals surface area contributed by atoms with Gasteiger partial charge in [-0.2, -0.15) is 13.2 Å². The molecule has 1 aromatic rings. The van der Waals surface area contributed by atoms with Crippen LogP contribution in [0.5, 0.6) is 5.75 Å². The van der Waals surface area contributed by atoms with Gasteiger partial charge in [-0.15, -0.1) is 0 Å². The summed E-state index contributed by atoms with van der Waals surface area (Å²) in [6.45, 7) is 2.74. The van der Waals surface area contributed by atoms with Crippen molar-refractivity contribution in [2.45, 2.75) is 26.1 Å². The van der Waals surface area contributed by atoms with Crippen LogP contribution in [0.3, 0.4) is 0 Å². The first-order chi connectivity index (χ1) is 9.26. The first kappa shape index (κ1) is 16.4. The number of hydrogen-bond acceptors (Lipinski definition) is 4. The maximum Gasteiger partial charge on any atom is 0.411 e. The summed E-state index contributed by atoms with van der Waals surface area (Å²) in [6, 6.07) is 5.10. The van der Waals surface area contributed by atoms with Gasteiger partial charge in [-0.05, 0) is 19.9 Å². The Bertz CT molecular complexity index is 423. The van der Waals surface area contributed by atoms with Crippen molar-refractivity contribution in [1.29, 1.82) is 0 Å². The van der Waals surface area contributed by atoms with Crippen molar-refractivity contribution < 1.29 is 22.6 Å². The van der Waals surface area contributed by atoms with E-state index in [1.165, 1.54) is 0 Å². The molecule has 0 aliphatic carbocycles. The van der Waals surface area contributed by atoms with Gasteiger partial charge in [0.25, 0.3) is 0 Å². The third-order valence-corrected chi connectivity index (χ3v) is 2.14. The Balaban J connectivity index is 2.41. The summed E-state index contributed by atoms with van der Waals surface area (Å²) < 4.78 is 45.6. The van der Waals surface area contributed by atoms with Gasteiger partial charge in [-0.3, -0.25) is 0 Å². The van der Waals surface area contributed by atoms with Crippen LogP contribution in [0.2, 0.25) is 0 Å². The quantitative estimate of drug-likeness (QED) is 0.599. The van der Waals surface area contributed by atoms with Crippen molar-refractivity contribution in [2.75, 3.05) is 30.8 Å². The Labute approximate surface area is 116 Å². The summed E-state index contributed by atoms with van der Waals surface area (Å²) in [6.07, 6.45) is -4.28. The molecular formula is C13H19F3N2O2. The summed E-state index contributed by atoms with van der Waals surface area (Å²) >= 11 is 0. The van der Waals surface area contributed by atoms with Crippen LogP contribution in [0.1, 0.15) is 13.8 Å². The number of anilines is 2. The maximum absolute atomic E-state index is 11.9. The molecule has 1 rings (SSSR count). The summed E-state index contributed by atoms with van der Waals surface area (Å²) in [5, 5.41) is 2.93. The molecule has 1 aromatic carbocycles. The van der Waals surface area contributed by atoms with Crippen LogP contribution in [0, 0.1) is 0 Å². The second-order valence-electron chi connectivity index (χ2n) is 4.55. The highest BCUT2D eigenvalue weighted by Crippen LogP contribution is 2.23. The van der Waals surface area contributed by atoms with Crippen molar-refractivity contribution in [3.8, 4) is 5.75 Å². The monoisotopic (exact) mass is 292 g/mol. The van der Waals surface area contributed by atoms with Crippen LogP contribution < -0.4 is 15.8 Å². The van der Waals surface area contributed by atoms with E-state index in [0.717, 1.165) is 0 Å².